The number of benzene rings is 1. The number of hydrogen-bond donors (Lipinski definition) is 1. The lowest BCUT2D eigenvalue weighted by molar-refractivity contribution is -0.0720. The topological polar surface area (TPSA) is 48.3 Å². The standard InChI is InChI=1S/C15H18FN3O/c1-10-12(2-3-14(16)13(10)6-17)15-8-19-5-4-18-7-11(19)9-20-15/h2-3,11,15,18H,4-5,7-9H2,1H3. The first-order valence-corrected chi connectivity index (χ1v) is 6.96. The fraction of sp³-hybridized carbons (Fsp3) is 0.533. The Kier molecular flexibility index (Phi) is 3.70. The minimum Gasteiger partial charge on any atom is -0.370 e. The molecule has 1 aromatic rings. The number of nitriles is 1. The third kappa shape index (κ3) is 2.31. The monoisotopic (exact) mass is 275 g/mol. The summed E-state index contributed by atoms with van der Waals surface area (Å²) in [5.41, 5.74) is 1.76. The number of piperazine rings is 1. The fourth-order valence-corrected chi connectivity index (χ4v) is 3.07. The Morgan fingerprint density at radius 2 is 2.35 bits per heavy atom. The van der Waals surface area contributed by atoms with Crippen LogP contribution in [0.2, 0.25) is 0 Å². The number of halogens is 1. The van der Waals surface area contributed by atoms with Gasteiger partial charge in [-0.25, -0.2) is 4.39 Å². The predicted molar refractivity (Wildman–Crippen MR) is 72.8 cm³/mol. The molecule has 0 bridgehead atoms. The van der Waals surface area contributed by atoms with E-state index < -0.39 is 5.82 Å². The van der Waals surface area contributed by atoms with E-state index in [0.717, 1.165) is 31.7 Å². The molecule has 2 fully saturated rings. The van der Waals surface area contributed by atoms with E-state index in [1.807, 2.05) is 6.07 Å². The highest BCUT2D eigenvalue weighted by atomic mass is 19.1. The number of ether oxygens (including phenoxy) is 1. The van der Waals surface area contributed by atoms with E-state index in [0.29, 0.717) is 18.2 Å². The molecule has 2 heterocycles. The average molecular weight is 275 g/mol. The molecule has 2 atom stereocenters. The zero-order valence-corrected chi connectivity index (χ0v) is 11.5. The van der Waals surface area contributed by atoms with Crippen LogP contribution in [-0.4, -0.2) is 43.7 Å². The van der Waals surface area contributed by atoms with E-state index in [9.17, 15) is 4.39 Å². The number of hydrogen-bond acceptors (Lipinski definition) is 4. The normalized spacial score (nSPS) is 26.9. The molecule has 0 saturated carbocycles. The minimum atomic E-state index is -0.454. The second kappa shape index (κ2) is 5.49. The van der Waals surface area contributed by atoms with Gasteiger partial charge >= 0.3 is 0 Å². The molecule has 4 nitrogen and oxygen atoms in total. The van der Waals surface area contributed by atoms with E-state index in [1.54, 1.807) is 13.0 Å². The van der Waals surface area contributed by atoms with E-state index in [1.165, 1.54) is 6.07 Å². The summed E-state index contributed by atoms with van der Waals surface area (Å²) in [4.78, 5) is 2.42. The molecule has 3 rings (SSSR count). The van der Waals surface area contributed by atoms with Crippen LogP contribution < -0.4 is 5.32 Å². The summed E-state index contributed by atoms with van der Waals surface area (Å²) in [6.07, 6.45) is -0.0722. The van der Waals surface area contributed by atoms with Crippen LogP contribution in [0.15, 0.2) is 12.1 Å². The predicted octanol–water partition coefficient (Wildman–Crippen LogP) is 1.35. The van der Waals surface area contributed by atoms with Crippen LogP contribution in [0.25, 0.3) is 0 Å². The van der Waals surface area contributed by atoms with E-state index in [2.05, 4.69) is 10.2 Å². The fourth-order valence-electron chi connectivity index (χ4n) is 3.07. The molecule has 2 aliphatic rings. The molecule has 2 aliphatic heterocycles. The third-order valence-electron chi connectivity index (χ3n) is 4.28. The Morgan fingerprint density at radius 1 is 1.50 bits per heavy atom. The van der Waals surface area contributed by atoms with Gasteiger partial charge in [-0.15, -0.1) is 0 Å². The van der Waals surface area contributed by atoms with Crippen molar-refractivity contribution in [3.8, 4) is 6.07 Å². The van der Waals surface area contributed by atoms with Crippen LogP contribution in [0, 0.1) is 24.1 Å². The quantitative estimate of drug-likeness (QED) is 0.840. The summed E-state index contributed by atoms with van der Waals surface area (Å²) in [6, 6.07) is 5.49. The highest BCUT2D eigenvalue weighted by molar-refractivity contribution is 5.44. The first-order valence-electron chi connectivity index (χ1n) is 6.96. The highest BCUT2D eigenvalue weighted by Crippen LogP contribution is 2.29. The molecule has 0 amide bonds. The van der Waals surface area contributed by atoms with Crippen molar-refractivity contribution < 1.29 is 9.13 Å². The Balaban J connectivity index is 1.85. The average Bonchev–Trinajstić information content (AvgIpc) is 2.47. The molecule has 0 aliphatic carbocycles. The maximum atomic E-state index is 13.6. The van der Waals surface area contributed by atoms with Crippen molar-refractivity contribution in [2.24, 2.45) is 0 Å². The van der Waals surface area contributed by atoms with Crippen molar-refractivity contribution in [3.63, 3.8) is 0 Å². The lowest BCUT2D eigenvalue weighted by atomic mass is 9.96. The lowest BCUT2D eigenvalue weighted by Crippen LogP contribution is -2.57. The van der Waals surface area contributed by atoms with Gasteiger partial charge in [-0.1, -0.05) is 6.07 Å². The summed E-state index contributed by atoms with van der Waals surface area (Å²) in [6.45, 7) is 6.24. The molecule has 2 saturated heterocycles. The highest BCUT2D eigenvalue weighted by Gasteiger charge is 2.32. The zero-order chi connectivity index (χ0) is 14.1. The number of morpholine rings is 1. The molecule has 2 unspecified atom stereocenters. The van der Waals surface area contributed by atoms with E-state index >= 15 is 0 Å². The van der Waals surface area contributed by atoms with Crippen molar-refractivity contribution in [2.75, 3.05) is 32.8 Å². The molecule has 106 valence electrons. The Labute approximate surface area is 118 Å². The molecule has 20 heavy (non-hydrogen) atoms. The van der Waals surface area contributed by atoms with Crippen molar-refractivity contribution in [1.82, 2.24) is 10.2 Å². The third-order valence-corrected chi connectivity index (χ3v) is 4.28. The smallest absolute Gasteiger partial charge is 0.141 e. The number of rotatable bonds is 1. The van der Waals surface area contributed by atoms with Crippen molar-refractivity contribution in [1.29, 1.82) is 5.26 Å². The first kappa shape index (κ1) is 13.5. The Bertz CT molecular complexity index is 555. The van der Waals surface area contributed by atoms with Crippen LogP contribution in [-0.2, 0) is 4.74 Å². The molecule has 0 spiro atoms. The van der Waals surface area contributed by atoms with Gasteiger partial charge in [-0.3, -0.25) is 4.90 Å². The summed E-state index contributed by atoms with van der Waals surface area (Å²) in [5.74, 6) is -0.454. The van der Waals surface area contributed by atoms with Crippen LogP contribution in [0.3, 0.4) is 0 Å². The molecule has 5 heteroatoms. The maximum Gasteiger partial charge on any atom is 0.141 e. The largest absolute Gasteiger partial charge is 0.370 e. The second-order valence-corrected chi connectivity index (χ2v) is 5.42. The van der Waals surface area contributed by atoms with Crippen LogP contribution in [0.4, 0.5) is 4.39 Å². The molecular weight excluding hydrogens is 257 g/mol. The second-order valence-electron chi connectivity index (χ2n) is 5.42. The Morgan fingerprint density at radius 3 is 3.15 bits per heavy atom. The molecular formula is C15H18FN3O. The lowest BCUT2D eigenvalue weighted by Gasteiger charge is -2.43. The van der Waals surface area contributed by atoms with Gasteiger partial charge < -0.3 is 10.1 Å². The zero-order valence-electron chi connectivity index (χ0n) is 11.5. The summed E-state index contributed by atoms with van der Waals surface area (Å²) in [5, 5.41) is 12.4. The van der Waals surface area contributed by atoms with Crippen molar-refractivity contribution >= 4 is 0 Å². The number of fused-ring (bicyclic) bond motifs is 1. The summed E-state index contributed by atoms with van der Waals surface area (Å²) >= 11 is 0. The molecule has 1 N–H and O–H groups in total. The van der Waals surface area contributed by atoms with Crippen LogP contribution >= 0.6 is 0 Å². The number of nitrogens with zero attached hydrogens (tertiary/aromatic N) is 2. The van der Waals surface area contributed by atoms with Gasteiger partial charge in [-0.05, 0) is 24.1 Å². The van der Waals surface area contributed by atoms with E-state index in [4.69, 9.17) is 10.00 Å². The molecule has 1 aromatic carbocycles. The summed E-state index contributed by atoms with van der Waals surface area (Å²) < 4.78 is 19.5. The summed E-state index contributed by atoms with van der Waals surface area (Å²) in [7, 11) is 0. The van der Waals surface area contributed by atoms with Crippen molar-refractivity contribution in [2.45, 2.75) is 19.1 Å². The van der Waals surface area contributed by atoms with Gasteiger partial charge in [-0.2, -0.15) is 5.26 Å². The number of nitrogens with one attached hydrogen (secondary N) is 1. The van der Waals surface area contributed by atoms with Gasteiger partial charge in [0.25, 0.3) is 0 Å². The molecule has 0 radical (unpaired) electrons. The Hall–Kier alpha value is -1.48. The minimum absolute atomic E-state index is 0.0722. The van der Waals surface area contributed by atoms with E-state index in [-0.39, 0.29) is 11.7 Å². The first-order chi connectivity index (χ1) is 9.70. The van der Waals surface area contributed by atoms with Gasteiger partial charge in [0.1, 0.15) is 11.9 Å². The molecule has 0 aromatic heterocycles. The van der Waals surface area contributed by atoms with Gasteiger partial charge in [0.05, 0.1) is 18.3 Å². The van der Waals surface area contributed by atoms with Crippen LogP contribution in [0.1, 0.15) is 22.8 Å². The van der Waals surface area contributed by atoms with Gasteiger partial charge in [0.15, 0.2) is 0 Å². The van der Waals surface area contributed by atoms with Gasteiger partial charge in [0.2, 0.25) is 0 Å². The maximum absolute atomic E-state index is 13.6. The van der Waals surface area contributed by atoms with Crippen LogP contribution in [0.5, 0.6) is 0 Å². The van der Waals surface area contributed by atoms with Gasteiger partial charge in [0, 0.05) is 32.2 Å². The SMILES string of the molecule is Cc1c(C2CN3CCNCC3CO2)ccc(F)c1C#N. The van der Waals surface area contributed by atoms with Crippen molar-refractivity contribution in [3.05, 3.63) is 34.6 Å².